The topological polar surface area (TPSA) is 73.2 Å². The van der Waals surface area contributed by atoms with Gasteiger partial charge in [-0.3, -0.25) is 4.68 Å². The minimum atomic E-state index is -3.62. The molecule has 0 radical (unpaired) electrons. The summed E-state index contributed by atoms with van der Waals surface area (Å²) in [4.78, 5) is 0.479. The van der Waals surface area contributed by atoms with Crippen LogP contribution in [0.3, 0.4) is 0 Å². The Morgan fingerprint density at radius 1 is 1.35 bits per heavy atom. The molecular weight excluding hydrogens is 366 g/mol. The van der Waals surface area contributed by atoms with Crippen LogP contribution in [-0.4, -0.2) is 39.4 Å². The van der Waals surface area contributed by atoms with Crippen molar-refractivity contribution < 1.29 is 13.2 Å². The average molecular weight is 390 g/mol. The lowest BCUT2D eigenvalue weighted by Gasteiger charge is -2.12. The Balaban J connectivity index is 1.91. The van der Waals surface area contributed by atoms with Gasteiger partial charge < -0.3 is 10.1 Å². The Labute approximate surface area is 155 Å². The number of rotatable bonds is 4. The van der Waals surface area contributed by atoms with E-state index in [1.165, 1.54) is 17.1 Å². The molecular formula is C18H23N3O3SSi. The molecule has 26 heavy (non-hydrogen) atoms. The number of fused-ring (bicyclic) bond motifs is 1. The van der Waals surface area contributed by atoms with E-state index in [0.717, 1.165) is 11.3 Å². The van der Waals surface area contributed by atoms with Crippen LogP contribution in [0.25, 0.3) is 0 Å². The van der Waals surface area contributed by atoms with Crippen LogP contribution >= 0.6 is 0 Å². The number of sulfone groups is 1. The molecule has 0 aliphatic carbocycles. The Morgan fingerprint density at radius 2 is 2.12 bits per heavy atom. The lowest BCUT2D eigenvalue weighted by atomic mass is 10.1. The van der Waals surface area contributed by atoms with Crippen molar-refractivity contribution in [1.29, 1.82) is 0 Å². The van der Waals surface area contributed by atoms with Crippen LogP contribution in [0.15, 0.2) is 34.3 Å². The van der Waals surface area contributed by atoms with Crippen molar-refractivity contribution in [1.82, 2.24) is 9.78 Å². The van der Waals surface area contributed by atoms with Crippen LogP contribution < -0.4 is 10.1 Å². The van der Waals surface area contributed by atoms with Gasteiger partial charge in [0.2, 0.25) is 9.84 Å². The van der Waals surface area contributed by atoms with E-state index in [0.29, 0.717) is 25.3 Å². The fourth-order valence-corrected chi connectivity index (χ4v) is 4.89. The number of aryl methyl sites for hydroxylation is 1. The third kappa shape index (κ3) is 3.79. The summed E-state index contributed by atoms with van der Waals surface area (Å²) in [6.07, 6.45) is 3.45. The molecule has 0 saturated carbocycles. The maximum atomic E-state index is 12.9. The quantitative estimate of drug-likeness (QED) is 0.642. The molecule has 0 atom stereocenters. The van der Waals surface area contributed by atoms with Crippen LogP contribution in [0.4, 0.5) is 5.69 Å². The summed E-state index contributed by atoms with van der Waals surface area (Å²) in [6.45, 7) is 7.57. The number of ether oxygens (including phenoxy) is 1. The number of hydrogen-bond acceptors (Lipinski definition) is 5. The maximum absolute atomic E-state index is 12.9. The Hall–Kier alpha value is -2.24. The first-order valence-electron chi connectivity index (χ1n) is 8.45. The highest BCUT2D eigenvalue weighted by Gasteiger charge is 2.29. The highest BCUT2D eigenvalue weighted by Crippen LogP contribution is 2.39. The number of aromatic nitrogens is 2. The lowest BCUT2D eigenvalue weighted by Crippen LogP contribution is -2.17. The van der Waals surface area contributed by atoms with Crippen molar-refractivity contribution in [2.45, 2.75) is 35.9 Å². The van der Waals surface area contributed by atoms with Crippen molar-refractivity contribution in [3.05, 3.63) is 30.1 Å². The van der Waals surface area contributed by atoms with Crippen LogP contribution in [0.5, 0.6) is 5.75 Å². The van der Waals surface area contributed by atoms with Gasteiger partial charge in [0.05, 0.1) is 29.9 Å². The normalized spacial score (nSPS) is 13.5. The van der Waals surface area contributed by atoms with E-state index in [9.17, 15) is 8.42 Å². The molecule has 1 aliphatic heterocycles. The molecule has 2 aromatic rings. The molecule has 0 unspecified atom stereocenters. The summed E-state index contributed by atoms with van der Waals surface area (Å²) in [7, 11) is -3.33. The third-order valence-electron chi connectivity index (χ3n) is 3.93. The Bertz CT molecular complexity index is 995. The first-order valence-corrected chi connectivity index (χ1v) is 13.4. The number of nitrogens with one attached hydrogen (secondary N) is 1. The van der Waals surface area contributed by atoms with E-state index in [4.69, 9.17) is 4.74 Å². The van der Waals surface area contributed by atoms with Crippen LogP contribution in [-0.2, 0) is 23.3 Å². The third-order valence-corrected chi connectivity index (χ3v) is 6.65. The molecule has 0 amide bonds. The number of hydrogen-bond donors (Lipinski definition) is 1. The summed E-state index contributed by atoms with van der Waals surface area (Å²) >= 11 is 0. The van der Waals surface area contributed by atoms with Gasteiger partial charge in [0.1, 0.15) is 18.7 Å². The summed E-state index contributed by atoms with van der Waals surface area (Å²) in [5.74, 6) is 3.77. The predicted octanol–water partition coefficient (Wildman–Crippen LogP) is 2.48. The zero-order valence-electron chi connectivity index (χ0n) is 15.5. The van der Waals surface area contributed by atoms with E-state index < -0.39 is 17.9 Å². The molecule has 3 rings (SSSR count). The van der Waals surface area contributed by atoms with Crippen LogP contribution in [0.1, 0.15) is 5.56 Å². The zero-order valence-corrected chi connectivity index (χ0v) is 17.3. The standard InChI is InChI=1S/C18H23N3O3SSi/c1-21-13-14(12-20-21)25(22,23)17-7-6-16(18-15(17)8-10-24-18)19-9-5-11-26(2,3)4/h6-7,12-13,19H,8-10H2,1-4H3. The van der Waals surface area contributed by atoms with Gasteiger partial charge in [0.15, 0.2) is 0 Å². The smallest absolute Gasteiger partial charge is 0.210 e. The predicted molar refractivity (Wildman–Crippen MR) is 104 cm³/mol. The van der Waals surface area contributed by atoms with Gasteiger partial charge >= 0.3 is 0 Å². The van der Waals surface area contributed by atoms with Crippen LogP contribution in [0.2, 0.25) is 19.6 Å². The Morgan fingerprint density at radius 3 is 2.77 bits per heavy atom. The monoisotopic (exact) mass is 389 g/mol. The fourth-order valence-electron chi connectivity index (χ4n) is 2.77. The largest absolute Gasteiger partial charge is 0.491 e. The summed E-state index contributed by atoms with van der Waals surface area (Å²) in [5, 5.41) is 7.22. The summed E-state index contributed by atoms with van der Waals surface area (Å²) < 4.78 is 33.1. The van der Waals surface area contributed by atoms with Gasteiger partial charge in [-0.25, -0.2) is 8.42 Å². The lowest BCUT2D eigenvalue weighted by molar-refractivity contribution is 0.358. The van der Waals surface area contributed by atoms with Crippen molar-refractivity contribution in [3.8, 4) is 17.2 Å². The molecule has 138 valence electrons. The van der Waals surface area contributed by atoms with Gasteiger partial charge in [-0.15, -0.1) is 5.54 Å². The molecule has 1 aromatic heterocycles. The van der Waals surface area contributed by atoms with Gasteiger partial charge in [-0.2, -0.15) is 5.10 Å². The van der Waals surface area contributed by atoms with Crippen molar-refractivity contribution in [2.24, 2.45) is 7.05 Å². The van der Waals surface area contributed by atoms with Gasteiger partial charge in [0, 0.05) is 25.2 Å². The molecule has 1 aliphatic rings. The second-order valence-electron chi connectivity index (χ2n) is 7.28. The van der Waals surface area contributed by atoms with E-state index in [1.54, 1.807) is 19.2 Å². The number of anilines is 1. The Kier molecular flexibility index (Phi) is 4.86. The van der Waals surface area contributed by atoms with Crippen molar-refractivity contribution in [2.75, 3.05) is 18.5 Å². The maximum Gasteiger partial charge on any atom is 0.210 e. The molecule has 1 N–H and O–H groups in total. The highest BCUT2D eigenvalue weighted by atomic mass is 32.2. The van der Waals surface area contributed by atoms with Gasteiger partial charge in [-0.05, 0) is 12.1 Å². The second kappa shape index (κ2) is 6.82. The molecule has 8 heteroatoms. The van der Waals surface area contributed by atoms with Gasteiger partial charge in [0.25, 0.3) is 0 Å². The second-order valence-corrected chi connectivity index (χ2v) is 13.9. The SMILES string of the molecule is Cn1cc(S(=O)(=O)c2ccc(NCC#C[Si](C)(C)C)c3c2CCO3)cn1. The summed E-state index contributed by atoms with van der Waals surface area (Å²) in [6, 6.07) is 3.40. The molecule has 1 aromatic carbocycles. The summed E-state index contributed by atoms with van der Waals surface area (Å²) in [5.41, 5.74) is 4.80. The highest BCUT2D eigenvalue weighted by molar-refractivity contribution is 7.91. The van der Waals surface area contributed by atoms with Crippen LogP contribution in [0, 0.1) is 11.5 Å². The minimum absolute atomic E-state index is 0.191. The molecule has 2 heterocycles. The van der Waals surface area contributed by atoms with E-state index in [2.05, 4.69) is 41.5 Å². The number of benzene rings is 1. The fraction of sp³-hybridized carbons (Fsp3) is 0.389. The van der Waals surface area contributed by atoms with E-state index in [1.807, 2.05) is 0 Å². The first kappa shape index (κ1) is 18.5. The van der Waals surface area contributed by atoms with Crippen molar-refractivity contribution >= 4 is 23.6 Å². The van der Waals surface area contributed by atoms with E-state index >= 15 is 0 Å². The molecule has 0 spiro atoms. The van der Waals surface area contributed by atoms with Gasteiger partial charge in [-0.1, -0.05) is 25.6 Å². The first-order chi connectivity index (χ1) is 12.2. The molecule has 0 bridgehead atoms. The minimum Gasteiger partial charge on any atom is -0.491 e. The average Bonchev–Trinajstić information content (AvgIpc) is 3.19. The zero-order chi connectivity index (χ0) is 18.9. The van der Waals surface area contributed by atoms with Crippen molar-refractivity contribution in [3.63, 3.8) is 0 Å². The number of nitrogens with zero attached hydrogens (tertiary/aromatic N) is 2. The molecule has 0 saturated heterocycles. The molecule has 0 fully saturated rings. The van der Waals surface area contributed by atoms with E-state index in [-0.39, 0.29) is 9.79 Å². The molecule has 6 nitrogen and oxygen atoms in total.